The van der Waals surface area contributed by atoms with Crippen LogP contribution in [-0.2, 0) is 19.2 Å². The lowest BCUT2D eigenvalue weighted by Crippen LogP contribution is -2.54. The summed E-state index contributed by atoms with van der Waals surface area (Å²) in [5.74, 6) is -2.75. The van der Waals surface area contributed by atoms with E-state index in [1.807, 2.05) is 23.1 Å². The van der Waals surface area contributed by atoms with Crippen LogP contribution in [0.3, 0.4) is 0 Å². The average molecular weight is 870 g/mol. The fraction of sp³-hybridized carbons (Fsp3) is 0.372. The molecular weight excluding hydrogens is 827 g/mol. The van der Waals surface area contributed by atoms with E-state index in [4.69, 9.17) is 11.6 Å². The van der Waals surface area contributed by atoms with Crippen LogP contribution in [0.1, 0.15) is 60.2 Å². The number of nitrogens with zero attached hydrogens (tertiary/aromatic N) is 10. The molecule has 0 spiro atoms. The number of nitrogens with one attached hydrogen (secondary N) is 3. The molecule has 322 valence electrons. The molecule has 1 atom stereocenters. The van der Waals surface area contributed by atoms with Gasteiger partial charge in [0.1, 0.15) is 6.04 Å². The van der Waals surface area contributed by atoms with E-state index in [0.717, 1.165) is 43.2 Å². The first-order valence-corrected chi connectivity index (χ1v) is 21.6. The van der Waals surface area contributed by atoms with E-state index in [1.165, 1.54) is 23.6 Å². The summed E-state index contributed by atoms with van der Waals surface area (Å²) in [7, 11) is 0. The third kappa shape index (κ3) is 7.91. The third-order valence-corrected chi connectivity index (χ3v) is 12.8. The number of piperidine rings is 2. The Labute approximate surface area is 365 Å². The zero-order valence-corrected chi connectivity index (χ0v) is 35.4. The Kier molecular flexibility index (Phi) is 11.0. The number of hydrogen-bond donors (Lipinski definition) is 3. The van der Waals surface area contributed by atoms with Gasteiger partial charge in [-0.3, -0.25) is 44.0 Å². The van der Waals surface area contributed by atoms with Crippen LogP contribution in [0.5, 0.6) is 0 Å². The van der Waals surface area contributed by atoms with E-state index in [1.54, 1.807) is 33.8 Å². The number of carbonyl (C=O) groups excluding carboxylic acids is 6. The van der Waals surface area contributed by atoms with E-state index in [9.17, 15) is 28.8 Å². The van der Waals surface area contributed by atoms with Crippen molar-refractivity contribution in [1.82, 2.24) is 44.8 Å². The normalized spacial score (nSPS) is 18.2. The van der Waals surface area contributed by atoms with E-state index in [2.05, 4.69) is 54.8 Å². The standard InChI is InChI=1S/C43H43N13O6S/c1-24(2)48-31-20-32(33-8-7-27-19-26(44-3)21-47-56(27)33)45-22-29(31)39-50-51-43(63-39)54-17-15-53(16-18-54)40(60)25-11-13-52(14-12-25)36(58)23-46-30-6-4-5-28-37(30)42(62)55(41(28)61)34-9-10-35(57)49-38(34)59/h4-8,19-22,24-25,34,46H,9-18,23H2,1-2H3,(H,45,48)(H,49,57,59). The minimum atomic E-state index is -1.09. The summed E-state index contributed by atoms with van der Waals surface area (Å²) in [5, 5.41) is 23.8. The second kappa shape index (κ2) is 16.9. The van der Waals surface area contributed by atoms with Crippen LogP contribution in [0.4, 0.5) is 22.2 Å². The molecule has 3 fully saturated rings. The maximum absolute atomic E-state index is 13.7. The number of rotatable bonds is 10. The van der Waals surface area contributed by atoms with Crippen molar-refractivity contribution in [1.29, 1.82) is 0 Å². The Morgan fingerprint density at radius 2 is 1.70 bits per heavy atom. The van der Waals surface area contributed by atoms with E-state index >= 15 is 0 Å². The molecule has 0 aliphatic carbocycles. The first-order chi connectivity index (χ1) is 30.5. The Morgan fingerprint density at radius 3 is 2.44 bits per heavy atom. The third-order valence-electron chi connectivity index (χ3n) is 11.8. The van der Waals surface area contributed by atoms with Gasteiger partial charge in [0, 0.05) is 75.2 Å². The van der Waals surface area contributed by atoms with Crippen LogP contribution in [0.15, 0.2) is 54.9 Å². The molecule has 3 saturated heterocycles. The highest BCUT2D eigenvalue weighted by Gasteiger charge is 2.45. The van der Waals surface area contributed by atoms with Gasteiger partial charge in [-0.2, -0.15) is 5.10 Å². The van der Waals surface area contributed by atoms with Crippen molar-refractivity contribution in [2.24, 2.45) is 5.92 Å². The topological polar surface area (TPSA) is 212 Å². The minimum absolute atomic E-state index is 0.0183. The highest BCUT2D eigenvalue weighted by molar-refractivity contribution is 7.18. The first kappa shape index (κ1) is 41.1. The molecule has 6 amide bonds. The van der Waals surface area contributed by atoms with Crippen molar-refractivity contribution in [3.63, 3.8) is 0 Å². The summed E-state index contributed by atoms with van der Waals surface area (Å²) in [6.45, 7) is 14.4. The molecule has 0 bridgehead atoms. The lowest BCUT2D eigenvalue weighted by Gasteiger charge is -2.38. The fourth-order valence-corrected chi connectivity index (χ4v) is 9.51. The molecule has 4 aromatic heterocycles. The molecule has 0 radical (unpaired) electrons. The molecule has 3 N–H and O–H groups in total. The number of piperazine rings is 1. The van der Waals surface area contributed by atoms with E-state index in [-0.39, 0.29) is 54.3 Å². The van der Waals surface area contributed by atoms with E-state index < -0.39 is 29.7 Å². The molecule has 0 saturated carbocycles. The summed E-state index contributed by atoms with van der Waals surface area (Å²) >= 11 is 1.47. The Balaban J connectivity index is 0.773. The van der Waals surface area contributed by atoms with Gasteiger partial charge in [0.15, 0.2) is 5.01 Å². The van der Waals surface area contributed by atoms with Gasteiger partial charge < -0.3 is 25.3 Å². The van der Waals surface area contributed by atoms with Crippen molar-refractivity contribution in [2.75, 3.05) is 61.3 Å². The molecule has 5 aromatic rings. The van der Waals surface area contributed by atoms with Crippen LogP contribution in [0.25, 0.3) is 32.3 Å². The van der Waals surface area contributed by atoms with Gasteiger partial charge >= 0.3 is 0 Å². The monoisotopic (exact) mass is 869 g/mol. The zero-order chi connectivity index (χ0) is 43.9. The maximum Gasteiger partial charge on any atom is 0.264 e. The highest BCUT2D eigenvalue weighted by atomic mass is 32.1. The molecule has 1 unspecified atom stereocenters. The van der Waals surface area contributed by atoms with Gasteiger partial charge in [0.25, 0.3) is 11.8 Å². The molecular formula is C43H43N13O6S. The summed E-state index contributed by atoms with van der Waals surface area (Å²) in [5.41, 5.74) is 5.00. The van der Waals surface area contributed by atoms with Gasteiger partial charge in [0.2, 0.25) is 34.4 Å². The number of carbonyl (C=O) groups is 6. The van der Waals surface area contributed by atoms with E-state index in [0.29, 0.717) is 63.5 Å². The fourth-order valence-electron chi connectivity index (χ4n) is 8.59. The van der Waals surface area contributed by atoms with Gasteiger partial charge in [0.05, 0.1) is 52.9 Å². The minimum Gasteiger partial charge on any atom is -0.382 e. The molecule has 63 heavy (non-hydrogen) atoms. The van der Waals surface area contributed by atoms with Gasteiger partial charge in [-0.25, -0.2) is 9.36 Å². The average Bonchev–Trinajstić information content (AvgIpc) is 4.02. The number of hydrogen-bond acceptors (Lipinski definition) is 14. The molecule has 9 rings (SSSR count). The SMILES string of the molecule is [C-]#[N+]c1cnn2c(-c3cc(NC(C)C)c(-c4nnc(N5CCN(C(=O)C6CCN(C(=O)CNc7cccc8c7C(=O)N(C7CCC(=O)NC7=O)C8=O)CC6)CC5)s4)cn3)ccc2c1. The van der Waals surface area contributed by atoms with Crippen molar-refractivity contribution in [3.05, 3.63) is 77.4 Å². The van der Waals surface area contributed by atoms with Crippen molar-refractivity contribution >= 4 is 74.5 Å². The summed E-state index contributed by atoms with van der Waals surface area (Å²) < 4.78 is 1.77. The van der Waals surface area contributed by atoms with Crippen LogP contribution >= 0.6 is 11.3 Å². The lowest BCUT2D eigenvalue weighted by atomic mass is 9.95. The summed E-state index contributed by atoms with van der Waals surface area (Å²) in [4.78, 5) is 92.7. The Hall–Kier alpha value is -7.27. The number of pyridine rings is 1. The predicted molar refractivity (Wildman–Crippen MR) is 232 cm³/mol. The van der Waals surface area contributed by atoms with Crippen LogP contribution in [0, 0.1) is 12.5 Å². The number of benzene rings is 1. The van der Waals surface area contributed by atoms with Crippen LogP contribution < -0.4 is 20.9 Å². The second-order valence-corrected chi connectivity index (χ2v) is 17.1. The first-order valence-electron chi connectivity index (χ1n) is 20.8. The quantitative estimate of drug-likeness (QED) is 0.135. The summed E-state index contributed by atoms with van der Waals surface area (Å²) in [6.07, 6.45) is 4.45. The van der Waals surface area contributed by atoms with Crippen molar-refractivity contribution in [2.45, 2.75) is 51.6 Å². The maximum atomic E-state index is 13.7. The number of imide groups is 2. The van der Waals surface area contributed by atoms with Gasteiger partial charge in [-0.05, 0) is 69.5 Å². The molecule has 4 aliphatic rings. The number of anilines is 3. The van der Waals surface area contributed by atoms with Crippen molar-refractivity contribution < 1.29 is 28.8 Å². The predicted octanol–water partition coefficient (Wildman–Crippen LogP) is 3.69. The second-order valence-electron chi connectivity index (χ2n) is 16.2. The van der Waals surface area contributed by atoms with Crippen LogP contribution in [-0.4, -0.2) is 133 Å². The highest BCUT2D eigenvalue weighted by Crippen LogP contribution is 2.37. The largest absolute Gasteiger partial charge is 0.382 e. The number of aromatic nitrogens is 5. The smallest absolute Gasteiger partial charge is 0.264 e. The number of likely N-dealkylation sites (tertiary alicyclic amines) is 1. The number of amides is 6. The summed E-state index contributed by atoms with van der Waals surface area (Å²) in [6, 6.07) is 11.4. The van der Waals surface area contributed by atoms with Gasteiger partial charge in [-0.15, -0.1) is 10.2 Å². The van der Waals surface area contributed by atoms with Crippen molar-refractivity contribution in [3.8, 4) is 22.0 Å². The Morgan fingerprint density at radius 1 is 0.905 bits per heavy atom. The van der Waals surface area contributed by atoms with Gasteiger partial charge in [-0.1, -0.05) is 17.4 Å². The Bertz CT molecular complexity index is 2730. The molecule has 1 aromatic carbocycles. The molecule has 20 heteroatoms. The van der Waals surface area contributed by atoms with Crippen LogP contribution in [0.2, 0.25) is 0 Å². The lowest BCUT2D eigenvalue weighted by molar-refractivity contribution is -0.140. The zero-order valence-electron chi connectivity index (χ0n) is 34.5. The molecule has 19 nitrogen and oxygen atoms in total. The number of fused-ring (bicyclic) bond motifs is 2. The molecule has 8 heterocycles. The molecule has 4 aliphatic heterocycles.